The molecule has 1 amide bonds. The fourth-order valence-corrected chi connectivity index (χ4v) is 2.25. The molecule has 1 saturated heterocycles. The number of nitrogens with one attached hydrogen (secondary N) is 2. The third kappa shape index (κ3) is 3.98. The molecule has 0 spiro atoms. The first-order chi connectivity index (χ1) is 9.68. The van der Waals surface area contributed by atoms with Gasteiger partial charge in [-0.3, -0.25) is 4.79 Å². The predicted octanol–water partition coefficient (Wildman–Crippen LogP) is -0.000200. The number of ether oxygens (including phenoxy) is 1. The van der Waals surface area contributed by atoms with Crippen LogP contribution in [0.3, 0.4) is 0 Å². The van der Waals surface area contributed by atoms with Gasteiger partial charge >= 0.3 is 0 Å². The third-order valence-corrected chi connectivity index (χ3v) is 3.38. The number of hydrogen-bond donors (Lipinski definition) is 2. The second-order valence-electron chi connectivity index (χ2n) is 4.82. The molecule has 0 bridgehead atoms. The van der Waals surface area contributed by atoms with Crippen molar-refractivity contribution < 1.29 is 23.2 Å². The molecule has 0 saturated carbocycles. The maximum absolute atomic E-state index is 13.4. The van der Waals surface area contributed by atoms with E-state index in [0.29, 0.717) is 6.54 Å². The molecule has 0 aliphatic carbocycles. The van der Waals surface area contributed by atoms with E-state index >= 15 is 0 Å². The van der Waals surface area contributed by atoms with Crippen LogP contribution < -0.4 is 10.2 Å². The first kappa shape index (κ1) is 14.9. The summed E-state index contributed by atoms with van der Waals surface area (Å²) in [6.45, 7) is 4.80. The monoisotopic (exact) mass is 285 g/mol. The molecule has 2 rings (SSSR count). The zero-order chi connectivity index (χ0) is 14.4. The maximum atomic E-state index is 13.4. The molecule has 20 heavy (non-hydrogen) atoms. The van der Waals surface area contributed by atoms with Gasteiger partial charge in [0.15, 0.2) is 0 Å². The zero-order valence-electron chi connectivity index (χ0n) is 11.3. The van der Waals surface area contributed by atoms with Crippen LogP contribution >= 0.6 is 0 Å². The van der Waals surface area contributed by atoms with E-state index in [4.69, 9.17) is 4.74 Å². The van der Waals surface area contributed by atoms with Crippen LogP contribution in [-0.4, -0.2) is 45.3 Å². The number of amides is 1. The van der Waals surface area contributed by atoms with Crippen LogP contribution in [-0.2, 0) is 4.74 Å². The standard InChI is InChI=1S/C14H18F2N2O2/c15-11-3-1-4-12(16)13(11)14(19)17-5-2-6-18-7-9-20-10-8-18/h1,3-4H,2,5-10H2,(H,17,19)/p+1. The van der Waals surface area contributed by atoms with Crippen molar-refractivity contribution in [3.05, 3.63) is 35.4 Å². The highest BCUT2D eigenvalue weighted by atomic mass is 19.1. The Labute approximate surface area is 116 Å². The average Bonchev–Trinajstić information content (AvgIpc) is 2.44. The fraction of sp³-hybridized carbons (Fsp3) is 0.500. The number of carbonyl (C=O) groups excluding carboxylic acids is 1. The Bertz CT molecular complexity index is 442. The summed E-state index contributed by atoms with van der Waals surface area (Å²) >= 11 is 0. The lowest BCUT2D eigenvalue weighted by Crippen LogP contribution is -3.14. The molecule has 1 heterocycles. The van der Waals surface area contributed by atoms with Gasteiger partial charge in [-0.15, -0.1) is 0 Å². The summed E-state index contributed by atoms with van der Waals surface area (Å²) in [5.74, 6) is -2.36. The van der Waals surface area contributed by atoms with Crippen LogP contribution in [0.15, 0.2) is 18.2 Å². The van der Waals surface area contributed by atoms with E-state index in [0.717, 1.165) is 51.4 Å². The minimum absolute atomic E-state index is 0.414. The topological polar surface area (TPSA) is 42.8 Å². The number of hydrogen-bond acceptors (Lipinski definition) is 2. The van der Waals surface area contributed by atoms with Crippen molar-refractivity contribution in [2.75, 3.05) is 39.4 Å². The molecule has 4 nitrogen and oxygen atoms in total. The van der Waals surface area contributed by atoms with E-state index in [1.54, 1.807) is 0 Å². The summed E-state index contributed by atoms with van der Waals surface area (Å²) in [5, 5.41) is 2.56. The smallest absolute Gasteiger partial charge is 0.257 e. The molecule has 0 unspecified atom stereocenters. The van der Waals surface area contributed by atoms with E-state index in [9.17, 15) is 13.6 Å². The molecule has 1 fully saturated rings. The van der Waals surface area contributed by atoms with E-state index in [1.807, 2.05) is 0 Å². The highest BCUT2D eigenvalue weighted by Gasteiger charge is 2.17. The highest BCUT2D eigenvalue weighted by molar-refractivity contribution is 5.94. The Morgan fingerprint density at radius 3 is 2.55 bits per heavy atom. The molecule has 0 aromatic heterocycles. The van der Waals surface area contributed by atoms with Gasteiger partial charge in [-0.25, -0.2) is 8.78 Å². The molecule has 0 radical (unpaired) electrons. The second-order valence-corrected chi connectivity index (χ2v) is 4.82. The number of morpholine rings is 1. The van der Waals surface area contributed by atoms with Gasteiger partial charge in [0.05, 0.1) is 19.8 Å². The molecule has 1 aliphatic rings. The average molecular weight is 285 g/mol. The van der Waals surface area contributed by atoms with Crippen molar-refractivity contribution in [2.24, 2.45) is 0 Å². The minimum Gasteiger partial charge on any atom is -0.370 e. The number of benzene rings is 1. The van der Waals surface area contributed by atoms with Crippen molar-refractivity contribution in [1.29, 1.82) is 0 Å². The summed E-state index contributed by atoms with van der Waals surface area (Å²) in [7, 11) is 0. The molecule has 6 heteroatoms. The molecular weight excluding hydrogens is 266 g/mol. The summed E-state index contributed by atoms with van der Waals surface area (Å²) in [6, 6.07) is 3.40. The summed E-state index contributed by atoms with van der Waals surface area (Å²) < 4.78 is 32.0. The van der Waals surface area contributed by atoms with Crippen molar-refractivity contribution in [1.82, 2.24) is 5.32 Å². The van der Waals surface area contributed by atoms with E-state index < -0.39 is 23.1 Å². The number of halogens is 2. The van der Waals surface area contributed by atoms with Gasteiger partial charge in [-0.1, -0.05) is 6.07 Å². The first-order valence-corrected chi connectivity index (χ1v) is 6.82. The van der Waals surface area contributed by atoms with Crippen molar-refractivity contribution >= 4 is 5.91 Å². The molecule has 1 aromatic rings. The lowest BCUT2D eigenvalue weighted by Gasteiger charge is -2.23. The third-order valence-electron chi connectivity index (χ3n) is 3.38. The minimum atomic E-state index is -0.832. The van der Waals surface area contributed by atoms with Crippen LogP contribution in [0, 0.1) is 11.6 Å². The molecule has 110 valence electrons. The molecule has 2 N–H and O–H groups in total. The van der Waals surface area contributed by atoms with Gasteiger partial charge in [0.2, 0.25) is 0 Å². The van der Waals surface area contributed by atoms with Crippen molar-refractivity contribution in [2.45, 2.75) is 6.42 Å². The lowest BCUT2D eigenvalue weighted by molar-refractivity contribution is -0.908. The van der Waals surface area contributed by atoms with Crippen molar-refractivity contribution in [3.63, 3.8) is 0 Å². The number of quaternary nitrogens is 1. The summed E-state index contributed by atoms with van der Waals surface area (Å²) in [6.07, 6.45) is 0.775. The van der Waals surface area contributed by atoms with Gasteiger partial charge in [0, 0.05) is 13.0 Å². The van der Waals surface area contributed by atoms with Crippen LogP contribution in [0.25, 0.3) is 0 Å². The van der Waals surface area contributed by atoms with Gasteiger partial charge in [0.25, 0.3) is 5.91 Å². The first-order valence-electron chi connectivity index (χ1n) is 6.82. The Morgan fingerprint density at radius 1 is 1.25 bits per heavy atom. The maximum Gasteiger partial charge on any atom is 0.257 e. The zero-order valence-corrected chi connectivity index (χ0v) is 11.3. The van der Waals surface area contributed by atoms with Gasteiger partial charge < -0.3 is 15.0 Å². The van der Waals surface area contributed by atoms with Crippen molar-refractivity contribution in [3.8, 4) is 0 Å². The lowest BCUT2D eigenvalue weighted by atomic mass is 10.2. The van der Waals surface area contributed by atoms with Gasteiger partial charge in [0.1, 0.15) is 30.3 Å². The Hall–Kier alpha value is -1.53. The van der Waals surface area contributed by atoms with Gasteiger partial charge in [-0.05, 0) is 12.1 Å². The van der Waals surface area contributed by atoms with Crippen LogP contribution in [0.2, 0.25) is 0 Å². The predicted molar refractivity (Wildman–Crippen MR) is 69.7 cm³/mol. The van der Waals surface area contributed by atoms with E-state index in [2.05, 4.69) is 5.32 Å². The van der Waals surface area contributed by atoms with Crippen LogP contribution in [0.1, 0.15) is 16.8 Å². The number of carbonyl (C=O) groups is 1. The molecular formula is C14H19F2N2O2+. The van der Waals surface area contributed by atoms with Gasteiger partial charge in [-0.2, -0.15) is 0 Å². The SMILES string of the molecule is O=C(NCCC[NH+]1CCOCC1)c1c(F)cccc1F. The molecule has 1 aliphatic heterocycles. The molecule has 1 aromatic carbocycles. The number of rotatable bonds is 5. The van der Waals surface area contributed by atoms with E-state index in [-0.39, 0.29) is 0 Å². The van der Waals surface area contributed by atoms with Crippen LogP contribution in [0.4, 0.5) is 8.78 Å². The quantitative estimate of drug-likeness (QED) is 0.748. The Kier molecular flexibility index (Phi) is 5.43. The highest BCUT2D eigenvalue weighted by Crippen LogP contribution is 2.11. The Morgan fingerprint density at radius 2 is 1.90 bits per heavy atom. The Balaban J connectivity index is 1.75. The fourth-order valence-electron chi connectivity index (χ4n) is 2.25. The molecule has 0 atom stereocenters. The second kappa shape index (κ2) is 7.31. The summed E-state index contributed by atoms with van der Waals surface area (Å²) in [5.41, 5.74) is -0.508. The summed E-state index contributed by atoms with van der Waals surface area (Å²) in [4.78, 5) is 13.2. The normalized spacial score (nSPS) is 16.1. The van der Waals surface area contributed by atoms with Crippen LogP contribution in [0.5, 0.6) is 0 Å². The largest absolute Gasteiger partial charge is 0.370 e. The van der Waals surface area contributed by atoms with E-state index in [1.165, 1.54) is 11.0 Å².